The van der Waals surface area contributed by atoms with Gasteiger partial charge in [-0.15, -0.1) is 0 Å². The van der Waals surface area contributed by atoms with Crippen molar-refractivity contribution in [3.05, 3.63) is 0 Å². The largest absolute Gasteiger partial charge is 0.394 e. The minimum atomic E-state index is -1.04. The molecule has 18 heavy (non-hydrogen) atoms. The van der Waals surface area contributed by atoms with Crippen LogP contribution < -0.4 is 10.6 Å². The lowest BCUT2D eigenvalue weighted by molar-refractivity contribution is -0.131. The van der Waals surface area contributed by atoms with Gasteiger partial charge in [-0.25, -0.2) is 0 Å². The molecule has 0 aromatic heterocycles. The quantitative estimate of drug-likeness (QED) is 0.491. The second kappa shape index (κ2) is 7.33. The van der Waals surface area contributed by atoms with Crippen LogP contribution in [0, 0.1) is 5.92 Å². The number of carbonyl (C=O) groups excluding carboxylic acids is 2. The maximum Gasteiger partial charge on any atom is 0.243 e. The molecule has 0 aliphatic rings. The van der Waals surface area contributed by atoms with E-state index in [1.165, 1.54) is 6.92 Å². The van der Waals surface area contributed by atoms with E-state index in [2.05, 4.69) is 10.6 Å². The van der Waals surface area contributed by atoms with Gasteiger partial charge in [0.15, 0.2) is 0 Å². The van der Waals surface area contributed by atoms with Gasteiger partial charge in [0, 0.05) is 6.92 Å². The van der Waals surface area contributed by atoms with Crippen LogP contribution in [-0.2, 0) is 9.59 Å². The van der Waals surface area contributed by atoms with Crippen molar-refractivity contribution in [1.82, 2.24) is 10.6 Å². The van der Waals surface area contributed by atoms with Crippen LogP contribution in [0.1, 0.15) is 34.1 Å². The van der Waals surface area contributed by atoms with Gasteiger partial charge in [0.2, 0.25) is 11.8 Å². The molecular weight excluding hydrogens is 236 g/mol. The first-order chi connectivity index (χ1) is 8.31. The van der Waals surface area contributed by atoms with Crippen molar-refractivity contribution in [2.45, 2.75) is 45.7 Å². The molecule has 0 saturated heterocycles. The first-order valence-corrected chi connectivity index (χ1v) is 6.12. The van der Waals surface area contributed by atoms with Crippen LogP contribution in [0.4, 0.5) is 0 Å². The van der Waals surface area contributed by atoms with Gasteiger partial charge in [-0.05, 0) is 12.3 Å². The van der Waals surface area contributed by atoms with Crippen molar-refractivity contribution >= 4 is 11.8 Å². The molecule has 2 amide bonds. The summed E-state index contributed by atoms with van der Waals surface area (Å²) in [6, 6.07) is -0.675. The third-order valence-electron chi connectivity index (χ3n) is 2.98. The van der Waals surface area contributed by atoms with Crippen LogP contribution in [-0.4, -0.2) is 46.8 Å². The highest BCUT2D eigenvalue weighted by atomic mass is 16.3. The molecule has 1 unspecified atom stereocenters. The second-order valence-electron chi connectivity index (χ2n) is 4.86. The van der Waals surface area contributed by atoms with Crippen LogP contribution in [0.3, 0.4) is 0 Å². The zero-order chi connectivity index (χ0) is 14.3. The zero-order valence-corrected chi connectivity index (χ0v) is 11.5. The Morgan fingerprint density at radius 3 is 2.00 bits per heavy atom. The average Bonchev–Trinajstić information content (AvgIpc) is 2.32. The van der Waals surface area contributed by atoms with Crippen molar-refractivity contribution < 1.29 is 19.8 Å². The molecule has 0 spiro atoms. The van der Waals surface area contributed by atoms with Gasteiger partial charge in [-0.2, -0.15) is 0 Å². The zero-order valence-electron chi connectivity index (χ0n) is 11.5. The van der Waals surface area contributed by atoms with Crippen LogP contribution in [0.2, 0.25) is 0 Å². The number of carbonyl (C=O) groups is 2. The fourth-order valence-corrected chi connectivity index (χ4v) is 1.53. The van der Waals surface area contributed by atoms with Crippen LogP contribution >= 0.6 is 0 Å². The van der Waals surface area contributed by atoms with E-state index in [4.69, 9.17) is 0 Å². The van der Waals surface area contributed by atoms with Crippen molar-refractivity contribution in [3.8, 4) is 0 Å². The lowest BCUT2D eigenvalue weighted by atomic mass is 9.96. The molecule has 0 aliphatic carbocycles. The lowest BCUT2D eigenvalue weighted by Crippen LogP contribution is -2.59. The van der Waals surface area contributed by atoms with Crippen LogP contribution in [0.5, 0.6) is 0 Å². The van der Waals surface area contributed by atoms with Crippen molar-refractivity contribution in [1.29, 1.82) is 0 Å². The standard InChI is InChI=1S/C12H24N2O4/c1-5-12(6-15,7-16)14-11(18)10(8(2)3)13-9(4)17/h8,10,15-16H,5-7H2,1-4H3,(H,13,17)(H,14,18). The van der Waals surface area contributed by atoms with E-state index in [9.17, 15) is 19.8 Å². The van der Waals surface area contributed by atoms with Gasteiger partial charge < -0.3 is 20.8 Å². The molecule has 0 aromatic carbocycles. The molecule has 0 radical (unpaired) electrons. The van der Waals surface area contributed by atoms with E-state index in [0.717, 1.165) is 0 Å². The highest BCUT2D eigenvalue weighted by Crippen LogP contribution is 2.10. The summed E-state index contributed by atoms with van der Waals surface area (Å²) in [5, 5.41) is 23.7. The normalized spacial score (nSPS) is 13.3. The Hall–Kier alpha value is -1.14. The SMILES string of the molecule is CCC(CO)(CO)NC(=O)C(NC(C)=O)C(C)C. The van der Waals surface area contributed by atoms with Crippen molar-refractivity contribution in [2.24, 2.45) is 5.92 Å². The van der Waals surface area contributed by atoms with Crippen molar-refractivity contribution in [2.75, 3.05) is 13.2 Å². The topological polar surface area (TPSA) is 98.7 Å². The maximum absolute atomic E-state index is 12.1. The molecule has 6 heteroatoms. The van der Waals surface area contributed by atoms with Crippen LogP contribution in [0.25, 0.3) is 0 Å². The Balaban J connectivity index is 4.83. The molecule has 0 bridgehead atoms. The van der Waals surface area contributed by atoms with Crippen molar-refractivity contribution in [3.63, 3.8) is 0 Å². The molecule has 6 nitrogen and oxygen atoms in total. The van der Waals surface area contributed by atoms with E-state index in [-0.39, 0.29) is 25.0 Å². The minimum absolute atomic E-state index is 0.0826. The summed E-state index contributed by atoms with van der Waals surface area (Å²) in [6.45, 7) is 6.02. The first kappa shape index (κ1) is 16.9. The molecule has 0 rings (SSSR count). The number of rotatable bonds is 7. The van der Waals surface area contributed by atoms with Gasteiger partial charge in [-0.1, -0.05) is 20.8 Å². The highest BCUT2D eigenvalue weighted by Gasteiger charge is 2.32. The summed E-state index contributed by atoms with van der Waals surface area (Å²) in [5.41, 5.74) is -1.04. The summed E-state index contributed by atoms with van der Waals surface area (Å²) >= 11 is 0. The molecule has 106 valence electrons. The smallest absolute Gasteiger partial charge is 0.243 e. The molecule has 0 saturated carbocycles. The number of hydrogen-bond acceptors (Lipinski definition) is 4. The molecule has 1 atom stereocenters. The monoisotopic (exact) mass is 260 g/mol. The number of nitrogens with one attached hydrogen (secondary N) is 2. The minimum Gasteiger partial charge on any atom is -0.394 e. The molecule has 0 aromatic rings. The molecular formula is C12H24N2O4. The van der Waals surface area contributed by atoms with Gasteiger partial charge in [0.1, 0.15) is 6.04 Å². The van der Waals surface area contributed by atoms with E-state index >= 15 is 0 Å². The van der Waals surface area contributed by atoms with Gasteiger partial charge in [0.05, 0.1) is 18.8 Å². The summed E-state index contributed by atoms with van der Waals surface area (Å²) in [6.07, 6.45) is 0.399. The van der Waals surface area contributed by atoms with E-state index in [1.807, 2.05) is 13.8 Å². The van der Waals surface area contributed by atoms with Crippen LogP contribution in [0.15, 0.2) is 0 Å². The number of hydrogen-bond donors (Lipinski definition) is 4. The fraction of sp³-hybridized carbons (Fsp3) is 0.833. The number of aliphatic hydroxyl groups is 2. The molecule has 0 aliphatic heterocycles. The number of aliphatic hydroxyl groups excluding tert-OH is 2. The highest BCUT2D eigenvalue weighted by molar-refractivity contribution is 5.87. The van der Waals surface area contributed by atoms with Gasteiger partial charge >= 0.3 is 0 Å². The third kappa shape index (κ3) is 4.62. The molecule has 0 heterocycles. The predicted octanol–water partition coefficient (Wildman–Crippen LogP) is -0.603. The Kier molecular flexibility index (Phi) is 6.86. The Morgan fingerprint density at radius 2 is 1.72 bits per heavy atom. The Morgan fingerprint density at radius 1 is 1.22 bits per heavy atom. The third-order valence-corrected chi connectivity index (χ3v) is 2.98. The van der Waals surface area contributed by atoms with E-state index < -0.39 is 17.5 Å². The Bertz CT molecular complexity index is 280. The second-order valence-corrected chi connectivity index (χ2v) is 4.86. The van der Waals surface area contributed by atoms with Gasteiger partial charge in [0.25, 0.3) is 0 Å². The van der Waals surface area contributed by atoms with E-state index in [0.29, 0.717) is 6.42 Å². The molecule has 4 N–H and O–H groups in total. The Labute approximate surface area is 108 Å². The summed E-state index contributed by atoms with van der Waals surface area (Å²) in [5.74, 6) is -0.773. The van der Waals surface area contributed by atoms with Gasteiger partial charge in [-0.3, -0.25) is 9.59 Å². The van der Waals surface area contributed by atoms with E-state index in [1.54, 1.807) is 6.92 Å². The fourth-order valence-electron chi connectivity index (χ4n) is 1.53. The summed E-state index contributed by atoms with van der Waals surface area (Å²) in [7, 11) is 0. The maximum atomic E-state index is 12.1. The predicted molar refractivity (Wildman–Crippen MR) is 67.8 cm³/mol. The lowest BCUT2D eigenvalue weighted by Gasteiger charge is -2.32. The average molecular weight is 260 g/mol. The first-order valence-electron chi connectivity index (χ1n) is 6.12. The summed E-state index contributed by atoms with van der Waals surface area (Å²) < 4.78 is 0. The number of amides is 2. The summed E-state index contributed by atoms with van der Waals surface area (Å²) in [4.78, 5) is 23.1. The molecule has 0 fully saturated rings.